The lowest BCUT2D eigenvalue weighted by Crippen LogP contribution is -2.09. The fraction of sp³-hybridized carbons (Fsp3) is 0. The Morgan fingerprint density at radius 3 is 0.576 bits per heavy atom. The smallest absolute Gasteiger partial charge is 0.0468 e. The Labute approximate surface area is 687 Å². The van der Waals surface area contributed by atoms with Crippen molar-refractivity contribution < 1.29 is 0 Å². The van der Waals surface area contributed by atoms with Crippen LogP contribution in [0.3, 0.4) is 0 Å². The van der Waals surface area contributed by atoms with E-state index in [4.69, 9.17) is 0 Å². The molecule has 0 spiro atoms. The molecule has 22 rings (SSSR count). The van der Waals surface area contributed by atoms with E-state index in [0.717, 1.165) is 34.1 Å². The Kier molecular flexibility index (Phi) is 18.4. The van der Waals surface area contributed by atoms with Crippen LogP contribution in [-0.4, -0.2) is 0 Å². The van der Waals surface area contributed by atoms with E-state index in [1.54, 1.807) is 0 Å². The topological polar surface area (TPSA) is 6.48 Å². The Morgan fingerprint density at radius 2 is 0.305 bits per heavy atom. The minimum absolute atomic E-state index is 1.13. The molecule has 0 atom stereocenters. The standard InChI is InChI=1S/C58H40N2.C58H38/c1-5-17-47(18-6-1)59(48-19-7-2-8-20-48)51-35-33-41-37-45(31-29-43(41)39-51)57-53-25-13-15-27-55(53)58(56-28-16-14-26-54(56)57)46-32-30-44-40-52(36-34-42(44)38-46)60(49-21-9-3-10-22-49)50-23-11-4-12-24-50;1-3-19-39(20-4-1)43-23-7-9-25-45(43)57-51-31-15-11-27-47(51)55(48-28-12-16-32-52(48)57)41-35-37-42(38-36-41)56-49-29-13-17-33-53(49)58(54-34-18-14-30-50(54)56)46-26-10-8-24-44(46)40-21-5-2-6-22-40/h1-40H;1-38H. The van der Waals surface area contributed by atoms with Crippen LogP contribution in [-0.2, 0) is 0 Å². The number of nitrogens with zero attached hydrogens (tertiary/aromatic N) is 2. The van der Waals surface area contributed by atoms with Gasteiger partial charge >= 0.3 is 0 Å². The second-order valence-corrected chi connectivity index (χ2v) is 30.4. The molecule has 0 aliphatic heterocycles. The van der Waals surface area contributed by atoms with Crippen molar-refractivity contribution in [3.63, 3.8) is 0 Å². The van der Waals surface area contributed by atoms with Gasteiger partial charge in [-0.2, -0.15) is 0 Å². The van der Waals surface area contributed by atoms with Crippen molar-refractivity contribution in [1.29, 1.82) is 0 Å². The van der Waals surface area contributed by atoms with Crippen LogP contribution in [0.4, 0.5) is 34.1 Å². The normalized spacial score (nSPS) is 11.4. The monoisotopic (exact) mass is 1500 g/mol. The fourth-order valence-electron chi connectivity index (χ4n) is 18.4. The molecule has 22 aromatic carbocycles. The average molecular weight is 1500 g/mol. The molecular formula is C116H78N2. The molecular weight excluding hydrogens is 1420 g/mol. The highest BCUT2D eigenvalue weighted by Gasteiger charge is 2.25. The summed E-state index contributed by atoms with van der Waals surface area (Å²) in [4.78, 5) is 4.64. The molecule has 0 saturated carbocycles. The molecule has 0 heterocycles. The second kappa shape index (κ2) is 30.8. The first-order chi connectivity index (χ1) is 58.6. The van der Waals surface area contributed by atoms with Gasteiger partial charge in [-0.1, -0.05) is 388 Å². The molecule has 552 valence electrons. The summed E-state index contributed by atoms with van der Waals surface area (Å²) in [5.74, 6) is 0. The van der Waals surface area contributed by atoms with Gasteiger partial charge in [0.1, 0.15) is 0 Å². The second-order valence-electron chi connectivity index (χ2n) is 30.4. The van der Waals surface area contributed by atoms with Crippen molar-refractivity contribution >= 4 is 120 Å². The highest BCUT2D eigenvalue weighted by Crippen LogP contribution is 2.51. The number of benzene rings is 22. The van der Waals surface area contributed by atoms with Crippen LogP contribution in [0.15, 0.2) is 473 Å². The zero-order valence-corrected chi connectivity index (χ0v) is 64.9. The van der Waals surface area contributed by atoms with E-state index < -0.39 is 0 Å². The molecule has 0 amide bonds. The Morgan fingerprint density at radius 1 is 0.110 bits per heavy atom. The van der Waals surface area contributed by atoms with Gasteiger partial charge in [-0.15, -0.1) is 0 Å². The van der Waals surface area contributed by atoms with Gasteiger partial charge in [0.2, 0.25) is 0 Å². The molecule has 0 aliphatic carbocycles. The molecule has 0 N–H and O–H groups in total. The van der Waals surface area contributed by atoms with Gasteiger partial charge in [0.05, 0.1) is 0 Å². The van der Waals surface area contributed by atoms with E-state index in [9.17, 15) is 0 Å². The minimum atomic E-state index is 1.13. The Bertz CT molecular complexity index is 6810. The third-order valence-corrected chi connectivity index (χ3v) is 23.6. The lowest BCUT2D eigenvalue weighted by molar-refractivity contribution is 1.29. The summed E-state index contributed by atoms with van der Waals surface area (Å²) in [6.07, 6.45) is 0. The summed E-state index contributed by atoms with van der Waals surface area (Å²) in [7, 11) is 0. The van der Waals surface area contributed by atoms with Crippen LogP contribution in [0.2, 0.25) is 0 Å². The third-order valence-electron chi connectivity index (χ3n) is 23.6. The maximum atomic E-state index is 2.37. The van der Waals surface area contributed by atoms with Crippen LogP contribution in [0, 0.1) is 0 Å². The summed E-state index contributed by atoms with van der Waals surface area (Å²) >= 11 is 0. The summed E-state index contributed by atoms with van der Waals surface area (Å²) in [5, 5.41) is 19.9. The van der Waals surface area contributed by atoms with Crippen LogP contribution < -0.4 is 9.80 Å². The van der Waals surface area contributed by atoms with E-state index >= 15 is 0 Å². The highest BCUT2D eigenvalue weighted by molar-refractivity contribution is 6.26. The molecule has 0 aromatic heterocycles. The predicted octanol–water partition coefficient (Wildman–Crippen LogP) is 32.9. The molecule has 2 heteroatoms. The molecule has 0 saturated heterocycles. The largest absolute Gasteiger partial charge is 0.310 e. The van der Waals surface area contributed by atoms with E-state index in [0.29, 0.717) is 0 Å². The molecule has 0 aliphatic rings. The Hall–Kier alpha value is -15.5. The number of para-hydroxylation sites is 4. The summed E-state index contributed by atoms with van der Waals surface area (Å²) in [5.41, 5.74) is 26.7. The summed E-state index contributed by atoms with van der Waals surface area (Å²) < 4.78 is 0. The van der Waals surface area contributed by atoms with E-state index in [1.165, 1.54) is 175 Å². The number of anilines is 6. The van der Waals surface area contributed by atoms with Gasteiger partial charge in [0, 0.05) is 34.1 Å². The van der Waals surface area contributed by atoms with E-state index in [1.807, 2.05) is 0 Å². The first-order valence-corrected chi connectivity index (χ1v) is 40.7. The number of hydrogen-bond acceptors (Lipinski definition) is 2. The fourth-order valence-corrected chi connectivity index (χ4v) is 18.4. The van der Waals surface area contributed by atoms with E-state index in [2.05, 4.69) is 483 Å². The first kappa shape index (κ1) is 70.4. The van der Waals surface area contributed by atoms with Crippen LogP contribution in [0.1, 0.15) is 0 Å². The maximum absolute atomic E-state index is 2.37. The number of hydrogen-bond donors (Lipinski definition) is 0. The van der Waals surface area contributed by atoms with Gasteiger partial charge in [-0.3, -0.25) is 0 Å². The van der Waals surface area contributed by atoms with Crippen molar-refractivity contribution in [2.75, 3.05) is 9.80 Å². The van der Waals surface area contributed by atoms with Crippen molar-refractivity contribution in [3.05, 3.63) is 473 Å². The summed E-state index contributed by atoms with van der Waals surface area (Å²) in [6, 6.07) is 172. The number of fused-ring (bicyclic) bond motifs is 8. The molecule has 0 radical (unpaired) electrons. The third kappa shape index (κ3) is 12.8. The van der Waals surface area contributed by atoms with E-state index in [-0.39, 0.29) is 0 Å². The lowest BCUT2D eigenvalue weighted by Gasteiger charge is -2.26. The number of rotatable bonds is 14. The quantitative estimate of drug-likeness (QED) is 0.100. The van der Waals surface area contributed by atoms with Crippen LogP contribution in [0.25, 0.3) is 175 Å². The van der Waals surface area contributed by atoms with Gasteiger partial charge in [0.25, 0.3) is 0 Å². The highest BCUT2D eigenvalue weighted by atomic mass is 15.1. The molecule has 0 bridgehead atoms. The van der Waals surface area contributed by atoms with Crippen molar-refractivity contribution in [1.82, 2.24) is 0 Å². The minimum Gasteiger partial charge on any atom is -0.310 e. The van der Waals surface area contributed by atoms with Crippen molar-refractivity contribution in [2.24, 2.45) is 0 Å². The molecule has 0 fully saturated rings. The molecule has 0 unspecified atom stereocenters. The molecule has 2 nitrogen and oxygen atoms in total. The van der Waals surface area contributed by atoms with Crippen LogP contribution in [0.5, 0.6) is 0 Å². The molecule has 22 aromatic rings. The van der Waals surface area contributed by atoms with Gasteiger partial charge < -0.3 is 9.80 Å². The van der Waals surface area contributed by atoms with Gasteiger partial charge in [-0.25, -0.2) is 0 Å². The Balaban J connectivity index is 0.000000147. The first-order valence-electron chi connectivity index (χ1n) is 40.7. The van der Waals surface area contributed by atoms with Crippen LogP contribution >= 0.6 is 0 Å². The lowest BCUT2D eigenvalue weighted by atomic mass is 9.82. The zero-order chi connectivity index (χ0) is 78.2. The average Bonchev–Trinajstić information content (AvgIpc) is 0.739. The van der Waals surface area contributed by atoms with Crippen molar-refractivity contribution in [3.8, 4) is 89.0 Å². The maximum Gasteiger partial charge on any atom is 0.0468 e. The van der Waals surface area contributed by atoms with Gasteiger partial charge in [-0.05, 0) is 260 Å². The van der Waals surface area contributed by atoms with Crippen molar-refractivity contribution in [2.45, 2.75) is 0 Å². The predicted molar refractivity (Wildman–Crippen MR) is 506 cm³/mol. The molecule has 118 heavy (non-hydrogen) atoms. The summed E-state index contributed by atoms with van der Waals surface area (Å²) in [6.45, 7) is 0. The van der Waals surface area contributed by atoms with Gasteiger partial charge in [0.15, 0.2) is 0 Å². The SMILES string of the molecule is c1ccc(-c2ccccc2-c2c3ccccc3c(-c3ccc(-c4c5ccccc5c(-c5ccccc5-c5ccccc5)c5ccccc45)cc3)c3ccccc23)cc1.c1ccc(N(c2ccccc2)c2ccc3cc(-c4c5ccccc5c(-c5ccc6cc(N(c7ccccc7)c7ccccc7)ccc6c5)c5ccccc45)ccc3c2)cc1. The zero-order valence-electron chi connectivity index (χ0n) is 64.9.